The maximum atomic E-state index is 11.6. The van der Waals surface area contributed by atoms with Crippen molar-refractivity contribution >= 4 is 16.6 Å². The quantitative estimate of drug-likeness (QED) is 0.712. The first-order valence-electron chi connectivity index (χ1n) is 5.67. The van der Waals surface area contributed by atoms with E-state index in [-0.39, 0.29) is 34.0 Å². The Hall–Kier alpha value is -2.23. The molecule has 0 aliphatic heterocycles. The second kappa shape index (κ2) is 4.22. The summed E-state index contributed by atoms with van der Waals surface area (Å²) in [7, 11) is 0. The number of hydrogen-bond acceptors (Lipinski definition) is 4. The average molecular weight is 246 g/mol. The number of aromatic hydroxyl groups is 3. The lowest BCUT2D eigenvalue weighted by Gasteiger charge is -2.12. The van der Waals surface area contributed by atoms with Gasteiger partial charge in [0.2, 0.25) is 0 Å². The second-order valence-electron chi connectivity index (χ2n) is 4.23. The van der Waals surface area contributed by atoms with Crippen LogP contribution in [0.25, 0.3) is 10.8 Å². The monoisotopic (exact) mass is 246 g/mol. The van der Waals surface area contributed by atoms with Crippen LogP contribution in [0.4, 0.5) is 0 Å². The van der Waals surface area contributed by atoms with Crippen molar-refractivity contribution in [2.24, 2.45) is 0 Å². The smallest absolute Gasteiger partial charge is 0.163 e. The highest BCUT2D eigenvalue weighted by molar-refractivity contribution is 6.07. The van der Waals surface area contributed by atoms with Gasteiger partial charge in [-0.15, -0.1) is 0 Å². The molecule has 0 amide bonds. The van der Waals surface area contributed by atoms with Gasteiger partial charge in [-0.3, -0.25) is 4.79 Å². The van der Waals surface area contributed by atoms with E-state index < -0.39 is 0 Å². The molecule has 0 aliphatic rings. The number of Topliss-reactive ketones (excluding diaryl/α,β-unsaturated/α-hetero) is 1. The number of fused-ring (bicyclic) bond motifs is 1. The molecule has 2 aromatic carbocycles. The van der Waals surface area contributed by atoms with Crippen LogP contribution in [0, 0.1) is 0 Å². The molecule has 3 N–H and O–H groups in total. The molecular weight excluding hydrogens is 232 g/mol. The fourth-order valence-electron chi connectivity index (χ4n) is 2.21. The van der Waals surface area contributed by atoms with Gasteiger partial charge in [-0.25, -0.2) is 0 Å². The average Bonchev–Trinajstić information content (AvgIpc) is 2.26. The summed E-state index contributed by atoms with van der Waals surface area (Å²) in [4.78, 5) is 11.6. The summed E-state index contributed by atoms with van der Waals surface area (Å²) in [6.45, 7) is 3.24. The summed E-state index contributed by atoms with van der Waals surface area (Å²) in [5, 5.41) is 30.0. The first-order chi connectivity index (χ1) is 8.45. The van der Waals surface area contributed by atoms with Crippen molar-refractivity contribution in [3.8, 4) is 17.2 Å². The van der Waals surface area contributed by atoms with Crippen LogP contribution in [-0.4, -0.2) is 21.1 Å². The largest absolute Gasteiger partial charge is 0.508 e. The Kier molecular flexibility index (Phi) is 2.87. The first-order valence-corrected chi connectivity index (χ1v) is 5.67. The Balaban J connectivity index is 2.96. The summed E-state index contributed by atoms with van der Waals surface area (Å²) < 4.78 is 0. The van der Waals surface area contributed by atoms with Crippen LogP contribution >= 0.6 is 0 Å². The third kappa shape index (κ3) is 1.76. The van der Waals surface area contributed by atoms with E-state index in [1.54, 1.807) is 6.07 Å². The van der Waals surface area contributed by atoms with E-state index >= 15 is 0 Å². The number of hydrogen-bond donors (Lipinski definition) is 3. The van der Waals surface area contributed by atoms with Crippen LogP contribution in [0.15, 0.2) is 18.2 Å². The maximum Gasteiger partial charge on any atom is 0.163 e. The molecule has 0 bridgehead atoms. The Labute approximate surface area is 104 Å². The lowest BCUT2D eigenvalue weighted by Crippen LogP contribution is -2.00. The molecule has 94 valence electrons. The minimum absolute atomic E-state index is 0.0861. The molecule has 0 aromatic heterocycles. The molecule has 0 spiro atoms. The van der Waals surface area contributed by atoms with Crippen molar-refractivity contribution in [3.63, 3.8) is 0 Å². The fourth-order valence-corrected chi connectivity index (χ4v) is 2.21. The van der Waals surface area contributed by atoms with E-state index in [1.165, 1.54) is 13.0 Å². The number of rotatable bonds is 2. The SMILES string of the molecule is CCc1cc2cc(O)cc(O)c2c(O)c1C(C)=O. The van der Waals surface area contributed by atoms with Crippen molar-refractivity contribution in [3.05, 3.63) is 29.3 Å². The molecule has 2 rings (SSSR count). The molecule has 18 heavy (non-hydrogen) atoms. The zero-order valence-corrected chi connectivity index (χ0v) is 10.2. The fraction of sp³-hybridized carbons (Fsp3) is 0.214. The number of phenols is 3. The highest BCUT2D eigenvalue weighted by Gasteiger charge is 2.18. The van der Waals surface area contributed by atoms with E-state index in [0.717, 1.165) is 6.07 Å². The molecule has 4 heteroatoms. The molecule has 0 aliphatic carbocycles. The van der Waals surface area contributed by atoms with E-state index in [1.807, 2.05) is 6.92 Å². The van der Waals surface area contributed by atoms with Gasteiger partial charge in [0.25, 0.3) is 0 Å². The Morgan fingerprint density at radius 1 is 1.17 bits per heavy atom. The summed E-state index contributed by atoms with van der Waals surface area (Å²) in [5.74, 6) is -0.808. The van der Waals surface area contributed by atoms with Crippen LogP contribution in [0.2, 0.25) is 0 Å². The topological polar surface area (TPSA) is 77.8 Å². The number of carbonyl (C=O) groups is 1. The van der Waals surface area contributed by atoms with Crippen molar-refractivity contribution in [1.29, 1.82) is 0 Å². The summed E-state index contributed by atoms with van der Waals surface area (Å²) >= 11 is 0. The van der Waals surface area contributed by atoms with E-state index in [2.05, 4.69) is 0 Å². The van der Waals surface area contributed by atoms with Gasteiger partial charge in [-0.2, -0.15) is 0 Å². The van der Waals surface area contributed by atoms with Gasteiger partial charge >= 0.3 is 0 Å². The summed E-state index contributed by atoms with van der Waals surface area (Å²) in [5.41, 5.74) is 0.920. The number of ketones is 1. The van der Waals surface area contributed by atoms with Crippen LogP contribution in [0.1, 0.15) is 29.8 Å². The van der Waals surface area contributed by atoms with Crippen LogP contribution < -0.4 is 0 Å². The van der Waals surface area contributed by atoms with Crippen LogP contribution in [0.5, 0.6) is 17.2 Å². The molecule has 0 unspecified atom stereocenters. The zero-order valence-electron chi connectivity index (χ0n) is 10.2. The Morgan fingerprint density at radius 3 is 2.39 bits per heavy atom. The van der Waals surface area contributed by atoms with Crippen molar-refractivity contribution in [2.45, 2.75) is 20.3 Å². The Morgan fingerprint density at radius 2 is 1.83 bits per heavy atom. The highest BCUT2D eigenvalue weighted by atomic mass is 16.3. The lowest BCUT2D eigenvalue weighted by molar-refractivity contribution is 0.101. The van der Waals surface area contributed by atoms with Gasteiger partial charge in [0.15, 0.2) is 5.78 Å². The summed E-state index contributed by atoms with van der Waals surface area (Å²) in [6, 6.07) is 4.28. The third-order valence-corrected chi connectivity index (χ3v) is 2.99. The minimum Gasteiger partial charge on any atom is -0.508 e. The molecular formula is C14H14O4. The molecule has 0 saturated carbocycles. The van der Waals surface area contributed by atoms with Gasteiger partial charge < -0.3 is 15.3 Å². The predicted octanol–water partition coefficient (Wildman–Crippen LogP) is 2.72. The highest BCUT2D eigenvalue weighted by Crippen LogP contribution is 2.40. The van der Waals surface area contributed by atoms with Crippen molar-refractivity contribution < 1.29 is 20.1 Å². The second-order valence-corrected chi connectivity index (χ2v) is 4.23. The first kappa shape index (κ1) is 12.2. The molecule has 0 atom stereocenters. The number of carbonyl (C=O) groups excluding carboxylic acids is 1. The van der Waals surface area contributed by atoms with Crippen molar-refractivity contribution in [2.75, 3.05) is 0 Å². The maximum absolute atomic E-state index is 11.6. The molecule has 0 saturated heterocycles. The summed E-state index contributed by atoms with van der Waals surface area (Å²) in [6.07, 6.45) is 0.578. The van der Waals surface area contributed by atoms with Gasteiger partial charge in [-0.05, 0) is 36.4 Å². The predicted molar refractivity (Wildman–Crippen MR) is 68.3 cm³/mol. The van der Waals surface area contributed by atoms with E-state index in [0.29, 0.717) is 17.4 Å². The zero-order chi connectivity index (χ0) is 13.4. The van der Waals surface area contributed by atoms with Gasteiger partial charge in [0, 0.05) is 6.07 Å². The van der Waals surface area contributed by atoms with E-state index in [4.69, 9.17) is 0 Å². The normalized spacial score (nSPS) is 10.8. The number of aryl methyl sites for hydroxylation is 1. The van der Waals surface area contributed by atoms with Crippen molar-refractivity contribution in [1.82, 2.24) is 0 Å². The number of phenolic OH excluding ortho intramolecular Hbond substituents is 3. The molecule has 0 heterocycles. The number of benzene rings is 2. The lowest BCUT2D eigenvalue weighted by atomic mass is 9.95. The standard InChI is InChI=1S/C14H14O4/c1-3-8-4-9-5-10(16)6-11(17)13(9)14(18)12(8)7(2)15/h4-6,16-18H,3H2,1-2H3. The van der Waals surface area contributed by atoms with Gasteiger partial charge in [0.05, 0.1) is 10.9 Å². The van der Waals surface area contributed by atoms with Crippen LogP contribution in [0.3, 0.4) is 0 Å². The third-order valence-electron chi connectivity index (χ3n) is 2.99. The molecule has 0 fully saturated rings. The minimum atomic E-state index is -0.251. The van der Waals surface area contributed by atoms with Gasteiger partial charge in [-0.1, -0.05) is 6.92 Å². The molecule has 2 aromatic rings. The molecule has 0 radical (unpaired) electrons. The van der Waals surface area contributed by atoms with Gasteiger partial charge in [0.1, 0.15) is 17.2 Å². The van der Waals surface area contributed by atoms with Crippen LogP contribution in [-0.2, 0) is 6.42 Å². The molecule has 4 nitrogen and oxygen atoms in total. The van der Waals surface area contributed by atoms with E-state index in [9.17, 15) is 20.1 Å². The Bertz CT molecular complexity index is 644.